The van der Waals surface area contributed by atoms with E-state index in [1.54, 1.807) is 0 Å². The maximum atomic E-state index is 11.4. The summed E-state index contributed by atoms with van der Waals surface area (Å²) < 4.78 is 0.330. The average Bonchev–Trinajstić information content (AvgIpc) is 2.29. The number of hydrogen-bond acceptors (Lipinski definition) is 3. The van der Waals surface area contributed by atoms with Gasteiger partial charge in [0.1, 0.15) is 0 Å². The van der Waals surface area contributed by atoms with E-state index in [0.717, 1.165) is 0 Å². The van der Waals surface area contributed by atoms with Crippen LogP contribution in [0.25, 0.3) is 0 Å². The molecule has 0 aliphatic carbocycles. The number of rotatable bonds is 5. The van der Waals surface area contributed by atoms with E-state index in [1.165, 1.54) is 12.1 Å². The molecule has 1 amide bonds. The van der Waals surface area contributed by atoms with E-state index >= 15 is 0 Å². The van der Waals surface area contributed by atoms with Gasteiger partial charge in [0.05, 0.1) is 11.1 Å². The first-order valence-corrected chi connectivity index (χ1v) is 6.66. The average molecular weight is 329 g/mol. The van der Waals surface area contributed by atoms with Crippen molar-refractivity contribution in [3.05, 3.63) is 27.7 Å². The first kappa shape index (κ1) is 15.5. The molecule has 5 nitrogen and oxygen atoms in total. The Balaban J connectivity index is 3.29. The molecule has 0 bridgehead atoms. The third-order valence-electron chi connectivity index (χ3n) is 2.99. The van der Waals surface area contributed by atoms with Gasteiger partial charge in [-0.2, -0.15) is 0 Å². The number of nitrogens with two attached hydrogens (primary N) is 1. The van der Waals surface area contributed by atoms with E-state index in [2.05, 4.69) is 21.2 Å². The second-order valence-corrected chi connectivity index (χ2v) is 5.58. The van der Waals surface area contributed by atoms with Gasteiger partial charge in [-0.1, -0.05) is 13.8 Å². The van der Waals surface area contributed by atoms with Crippen molar-refractivity contribution >= 4 is 33.5 Å². The van der Waals surface area contributed by atoms with Crippen LogP contribution in [0.3, 0.4) is 0 Å². The van der Waals surface area contributed by atoms with E-state index in [-0.39, 0.29) is 17.2 Å². The van der Waals surface area contributed by atoms with E-state index in [4.69, 9.17) is 10.8 Å². The van der Waals surface area contributed by atoms with Gasteiger partial charge in [-0.3, -0.25) is 4.79 Å². The smallest absolute Gasteiger partial charge is 0.336 e. The molecule has 0 saturated heterocycles. The fourth-order valence-electron chi connectivity index (χ4n) is 1.47. The normalized spacial score (nSPS) is 12.3. The second-order valence-electron chi connectivity index (χ2n) is 4.72. The number of carbonyl (C=O) groups excluding carboxylic acids is 1. The van der Waals surface area contributed by atoms with Gasteiger partial charge in [-0.05, 0) is 40.9 Å². The third-order valence-corrected chi connectivity index (χ3v) is 3.64. The largest absolute Gasteiger partial charge is 0.478 e. The Hall–Kier alpha value is -1.56. The van der Waals surface area contributed by atoms with Gasteiger partial charge in [0.2, 0.25) is 0 Å². The standard InChI is InChI=1S/C13H17BrN2O3/c1-6(2)7(3)16-11-5-8(13(18)19)10(14)4-9(11)12(15)17/h4-7,16H,1-3H3,(H2,15,17)(H,18,19)/t7-/m0/s1. The fourth-order valence-corrected chi connectivity index (χ4v) is 1.99. The minimum Gasteiger partial charge on any atom is -0.478 e. The van der Waals surface area contributed by atoms with Crippen molar-refractivity contribution in [2.24, 2.45) is 11.7 Å². The van der Waals surface area contributed by atoms with Gasteiger partial charge >= 0.3 is 5.97 Å². The van der Waals surface area contributed by atoms with E-state index < -0.39 is 11.9 Å². The molecule has 4 N–H and O–H groups in total. The summed E-state index contributed by atoms with van der Waals surface area (Å²) in [5.41, 5.74) is 6.11. The molecule has 0 saturated carbocycles. The molecule has 0 aliphatic heterocycles. The summed E-state index contributed by atoms with van der Waals surface area (Å²) in [6.07, 6.45) is 0. The molecule has 1 aromatic rings. The molecule has 1 atom stereocenters. The summed E-state index contributed by atoms with van der Waals surface area (Å²) in [6, 6.07) is 2.94. The van der Waals surface area contributed by atoms with Crippen LogP contribution in [0.4, 0.5) is 5.69 Å². The summed E-state index contributed by atoms with van der Waals surface area (Å²) in [6.45, 7) is 6.01. The molecule has 1 aromatic carbocycles. The predicted molar refractivity (Wildman–Crippen MR) is 77.5 cm³/mol. The van der Waals surface area contributed by atoms with Crippen LogP contribution < -0.4 is 11.1 Å². The van der Waals surface area contributed by atoms with Crippen molar-refractivity contribution in [1.82, 2.24) is 0 Å². The first-order chi connectivity index (χ1) is 8.73. The maximum absolute atomic E-state index is 11.4. The number of nitrogens with one attached hydrogen (secondary N) is 1. The van der Waals surface area contributed by atoms with Crippen LogP contribution >= 0.6 is 15.9 Å². The minimum absolute atomic E-state index is 0.0842. The number of carbonyl (C=O) groups is 2. The summed E-state index contributed by atoms with van der Waals surface area (Å²) in [7, 11) is 0. The SMILES string of the molecule is CC(C)[C@H](C)Nc1cc(C(=O)O)c(Br)cc1C(N)=O. The lowest BCUT2D eigenvalue weighted by atomic mass is 10.0. The molecule has 0 fully saturated rings. The predicted octanol–water partition coefficient (Wildman–Crippen LogP) is 2.70. The molecule has 1 rings (SSSR count). The number of carboxylic acids is 1. The number of halogens is 1. The monoisotopic (exact) mass is 328 g/mol. The minimum atomic E-state index is -1.07. The van der Waals surface area contributed by atoms with E-state index in [9.17, 15) is 9.59 Å². The Morgan fingerprint density at radius 3 is 2.26 bits per heavy atom. The van der Waals surface area contributed by atoms with E-state index in [1.807, 2.05) is 20.8 Å². The van der Waals surface area contributed by atoms with Crippen LogP contribution in [-0.2, 0) is 0 Å². The van der Waals surface area contributed by atoms with Gasteiger partial charge in [0.25, 0.3) is 5.91 Å². The van der Waals surface area contributed by atoms with Crippen LogP contribution in [0, 0.1) is 5.92 Å². The maximum Gasteiger partial charge on any atom is 0.336 e. The lowest BCUT2D eigenvalue weighted by Gasteiger charge is -2.21. The van der Waals surface area contributed by atoms with Gasteiger partial charge in [-0.15, -0.1) is 0 Å². The lowest BCUT2D eigenvalue weighted by molar-refractivity contribution is 0.0695. The first-order valence-electron chi connectivity index (χ1n) is 5.87. The highest BCUT2D eigenvalue weighted by Gasteiger charge is 2.18. The summed E-state index contributed by atoms with van der Waals surface area (Å²) in [5.74, 6) is -1.34. The van der Waals surface area contributed by atoms with Gasteiger partial charge in [0, 0.05) is 16.2 Å². The number of amides is 1. The van der Waals surface area contributed by atoms with Crippen LogP contribution in [0.2, 0.25) is 0 Å². The van der Waals surface area contributed by atoms with Gasteiger partial charge < -0.3 is 16.2 Å². The Morgan fingerprint density at radius 1 is 1.26 bits per heavy atom. The van der Waals surface area contributed by atoms with E-state index in [0.29, 0.717) is 16.1 Å². The Kier molecular flexibility index (Phi) is 4.94. The third kappa shape index (κ3) is 3.70. The second kappa shape index (κ2) is 6.06. The van der Waals surface area contributed by atoms with Crippen LogP contribution in [0.1, 0.15) is 41.5 Å². The number of hydrogen-bond donors (Lipinski definition) is 3. The molecule has 0 spiro atoms. The van der Waals surface area contributed by atoms with Crippen LogP contribution in [0.5, 0.6) is 0 Å². The molecule has 0 heterocycles. The van der Waals surface area contributed by atoms with Gasteiger partial charge in [0.15, 0.2) is 0 Å². The Labute approximate surface area is 120 Å². The number of primary amides is 1. The van der Waals surface area contributed by atoms with Crippen molar-refractivity contribution < 1.29 is 14.7 Å². The number of benzene rings is 1. The molecule has 6 heteroatoms. The molecule has 104 valence electrons. The van der Waals surface area contributed by atoms with Crippen molar-refractivity contribution in [2.75, 3.05) is 5.32 Å². The lowest BCUT2D eigenvalue weighted by Crippen LogP contribution is -2.24. The summed E-state index contributed by atoms with van der Waals surface area (Å²) in [4.78, 5) is 22.5. The van der Waals surface area contributed by atoms with Crippen LogP contribution in [-0.4, -0.2) is 23.0 Å². The number of aromatic carboxylic acids is 1. The summed E-state index contributed by atoms with van der Waals surface area (Å²) in [5, 5.41) is 12.2. The van der Waals surface area contributed by atoms with Crippen molar-refractivity contribution in [3.8, 4) is 0 Å². The topological polar surface area (TPSA) is 92.4 Å². The molecule has 0 unspecified atom stereocenters. The fraction of sp³-hybridized carbons (Fsp3) is 0.385. The molecular formula is C13H17BrN2O3. The highest BCUT2D eigenvalue weighted by Crippen LogP contribution is 2.27. The highest BCUT2D eigenvalue weighted by atomic mass is 79.9. The quantitative estimate of drug-likeness (QED) is 0.774. The number of anilines is 1. The summed E-state index contributed by atoms with van der Waals surface area (Å²) >= 11 is 3.13. The zero-order chi connectivity index (χ0) is 14.7. The van der Waals surface area contributed by atoms with Gasteiger partial charge in [-0.25, -0.2) is 4.79 Å². The molecular weight excluding hydrogens is 312 g/mol. The molecule has 0 aliphatic rings. The van der Waals surface area contributed by atoms with Crippen molar-refractivity contribution in [3.63, 3.8) is 0 Å². The highest BCUT2D eigenvalue weighted by molar-refractivity contribution is 9.10. The van der Waals surface area contributed by atoms with Crippen molar-refractivity contribution in [1.29, 1.82) is 0 Å². The zero-order valence-electron chi connectivity index (χ0n) is 11.0. The Morgan fingerprint density at radius 2 is 1.84 bits per heavy atom. The zero-order valence-corrected chi connectivity index (χ0v) is 12.6. The van der Waals surface area contributed by atoms with Crippen LogP contribution in [0.15, 0.2) is 16.6 Å². The number of carboxylic acid groups (broad SMARTS) is 1. The Bertz CT molecular complexity index is 515. The molecule has 0 aromatic heterocycles. The molecule has 19 heavy (non-hydrogen) atoms. The molecule has 0 radical (unpaired) electrons. The van der Waals surface area contributed by atoms with Crippen molar-refractivity contribution in [2.45, 2.75) is 26.8 Å².